The lowest BCUT2D eigenvalue weighted by Crippen LogP contribution is -2.62. The summed E-state index contributed by atoms with van der Waals surface area (Å²) < 4.78 is 0. The van der Waals surface area contributed by atoms with Crippen molar-refractivity contribution in [3.8, 4) is 0 Å². The fraction of sp³-hybridized carbons (Fsp3) is 0.750. The summed E-state index contributed by atoms with van der Waals surface area (Å²) >= 11 is 0. The zero-order valence-corrected chi connectivity index (χ0v) is 22.9. The van der Waals surface area contributed by atoms with Gasteiger partial charge in [-0.2, -0.15) is 0 Å². The lowest BCUT2D eigenvalue weighted by Gasteiger charge is -2.30. The van der Waals surface area contributed by atoms with Crippen LogP contribution < -0.4 is 31.9 Å². The number of carboxylic acid groups (broad SMARTS) is 1. The molecule has 0 spiro atoms. The highest BCUT2D eigenvalue weighted by atomic mass is 16.4. The quantitative estimate of drug-likeness (QED) is 0.0964. The predicted octanol–water partition coefficient (Wildman–Crippen LogP) is -3.44. The molecule has 0 aliphatic carbocycles. The van der Waals surface area contributed by atoms with E-state index in [1.807, 2.05) is 5.32 Å². The number of aliphatic carboxylic acids is 1. The van der Waals surface area contributed by atoms with E-state index in [-0.39, 0.29) is 11.8 Å². The average molecular weight is 559 g/mol. The van der Waals surface area contributed by atoms with Crippen LogP contribution in [0.4, 0.5) is 0 Å². The van der Waals surface area contributed by atoms with Crippen LogP contribution >= 0.6 is 0 Å². The number of hydrogen-bond acceptors (Lipinski definition) is 9. The molecule has 39 heavy (non-hydrogen) atoms. The molecule has 1 aliphatic rings. The number of carboxylic acids is 1. The third-order valence-electron chi connectivity index (χ3n) is 6.16. The molecular weight excluding hydrogens is 516 g/mol. The zero-order chi connectivity index (χ0) is 29.9. The standard InChI is InChI=1S/C24H42N6O9/c1-11(2)17(28-21(36)14-7-6-8-25-14)22(37)29-18(12(3)4)23(38)30-19(13(5)32)24(39)27-15(10-31)20(35)26-9-16(33)34/h11-15,17-19,25,31-32H,6-10H2,1-5H3,(H,26,35)(H,27,39)(H,28,36)(H,29,37)(H,30,38)(H,33,34)/t13-,14+,15+,17+,18+,19+/m1/s1. The van der Waals surface area contributed by atoms with Gasteiger partial charge in [0.1, 0.15) is 30.7 Å². The smallest absolute Gasteiger partial charge is 0.322 e. The molecule has 0 aromatic carbocycles. The highest BCUT2D eigenvalue weighted by molar-refractivity contribution is 5.96. The Labute approximate surface area is 227 Å². The third kappa shape index (κ3) is 10.8. The molecule has 6 atom stereocenters. The molecule has 5 amide bonds. The van der Waals surface area contributed by atoms with Crippen molar-refractivity contribution >= 4 is 35.5 Å². The van der Waals surface area contributed by atoms with Crippen molar-refractivity contribution in [1.29, 1.82) is 0 Å². The van der Waals surface area contributed by atoms with E-state index in [1.54, 1.807) is 27.7 Å². The van der Waals surface area contributed by atoms with Gasteiger partial charge in [0.05, 0.1) is 18.8 Å². The molecule has 9 N–H and O–H groups in total. The minimum atomic E-state index is -1.58. The summed E-state index contributed by atoms with van der Waals surface area (Å²) in [6, 6.07) is -5.60. The number of carbonyl (C=O) groups excluding carboxylic acids is 5. The summed E-state index contributed by atoms with van der Waals surface area (Å²) in [5.74, 6) is -5.82. The molecule has 15 heteroatoms. The SMILES string of the molecule is CC(C)[C@H](NC(=O)[C@@H]1CCCN1)C(=O)N[C@H](C(=O)N[C@H](C(=O)N[C@@H](CO)C(=O)NCC(=O)O)[C@@H](C)O)C(C)C. The molecule has 0 aromatic heterocycles. The van der Waals surface area contributed by atoms with Gasteiger partial charge >= 0.3 is 5.97 Å². The predicted molar refractivity (Wildman–Crippen MR) is 138 cm³/mol. The Morgan fingerprint density at radius 1 is 0.795 bits per heavy atom. The number of hydrogen-bond donors (Lipinski definition) is 9. The maximum atomic E-state index is 13.1. The van der Waals surface area contributed by atoms with Gasteiger partial charge in [0.2, 0.25) is 29.5 Å². The molecule has 1 aliphatic heterocycles. The minimum Gasteiger partial charge on any atom is -0.480 e. The zero-order valence-electron chi connectivity index (χ0n) is 22.9. The van der Waals surface area contributed by atoms with Crippen LogP contribution in [-0.4, -0.2) is 107 Å². The van der Waals surface area contributed by atoms with Crippen LogP contribution in [0.5, 0.6) is 0 Å². The van der Waals surface area contributed by atoms with Crippen molar-refractivity contribution in [2.24, 2.45) is 11.8 Å². The highest BCUT2D eigenvalue weighted by Gasteiger charge is 2.35. The summed E-state index contributed by atoms with van der Waals surface area (Å²) in [7, 11) is 0. The fourth-order valence-electron chi connectivity index (χ4n) is 3.86. The summed E-state index contributed by atoms with van der Waals surface area (Å²) in [6.45, 7) is 7.10. The van der Waals surface area contributed by atoms with E-state index >= 15 is 0 Å². The van der Waals surface area contributed by atoms with Crippen LogP contribution in [0.25, 0.3) is 0 Å². The molecular formula is C24H42N6O9. The lowest BCUT2D eigenvalue weighted by molar-refractivity contribution is -0.139. The van der Waals surface area contributed by atoms with Gasteiger partial charge in [0.25, 0.3) is 0 Å². The molecule has 222 valence electrons. The largest absolute Gasteiger partial charge is 0.480 e. The van der Waals surface area contributed by atoms with Crippen molar-refractivity contribution in [2.45, 2.75) is 83.8 Å². The second-order valence-corrected chi connectivity index (χ2v) is 10.2. The first-order chi connectivity index (χ1) is 18.2. The number of carbonyl (C=O) groups is 6. The highest BCUT2D eigenvalue weighted by Crippen LogP contribution is 2.10. The minimum absolute atomic E-state index is 0.301. The topological polar surface area (TPSA) is 235 Å². The Bertz CT molecular complexity index is 889. The third-order valence-corrected chi connectivity index (χ3v) is 6.16. The molecule has 0 aromatic rings. The van der Waals surface area contributed by atoms with Crippen molar-refractivity contribution in [3.63, 3.8) is 0 Å². The maximum absolute atomic E-state index is 13.1. The van der Waals surface area contributed by atoms with Gasteiger partial charge in [0, 0.05) is 0 Å². The lowest BCUT2D eigenvalue weighted by atomic mass is 9.98. The van der Waals surface area contributed by atoms with Gasteiger partial charge < -0.3 is 47.2 Å². The van der Waals surface area contributed by atoms with E-state index in [9.17, 15) is 39.0 Å². The molecule has 0 radical (unpaired) electrons. The molecule has 1 fully saturated rings. The summed E-state index contributed by atoms with van der Waals surface area (Å²) in [6.07, 6.45) is 0.0488. The molecule has 0 saturated carbocycles. The first kappa shape index (κ1) is 33.7. The molecule has 0 unspecified atom stereocenters. The molecule has 1 heterocycles. The van der Waals surface area contributed by atoms with Gasteiger partial charge in [-0.1, -0.05) is 27.7 Å². The van der Waals surface area contributed by atoms with Gasteiger partial charge in [-0.25, -0.2) is 0 Å². The first-order valence-electron chi connectivity index (χ1n) is 12.9. The van der Waals surface area contributed by atoms with Crippen LogP contribution in [0, 0.1) is 11.8 Å². The van der Waals surface area contributed by atoms with E-state index in [4.69, 9.17) is 5.11 Å². The van der Waals surface area contributed by atoms with Crippen LogP contribution in [-0.2, 0) is 28.8 Å². The molecule has 1 rings (SSSR count). The van der Waals surface area contributed by atoms with Gasteiger partial charge in [0.15, 0.2) is 0 Å². The van der Waals surface area contributed by atoms with E-state index in [1.165, 1.54) is 6.92 Å². The molecule has 15 nitrogen and oxygen atoms in total. The van der Waals surface area contributed by atoms with Crippen LogP contribution in [0.1, 0.15) is 47.5 Å². The van der Waals surface area contributed by atoms with E-state index in [2.05, 4.69) is 26.6 Å². The summed E-state index contributed by atoms with van der Waals surface area (Å²) in [5, 5.41) is 43.2. The monoisotopic (exact) mass is 558 g/mol. The Kier molecular flexibility index (Phi) is 13.8. The second-order valence-electron chi connectivity index (χ2n) is 10.2. The van der Waals surface area contributed by atoms with Crippen LogP contribution in [0.15, 0.2) is 0 Å². The van der Waals surface area contributed by atoms with Crippen molar-refractivity contribution < 1.29 is 44.1 Å². The first-order valence-corrected chi connectivity index (χ1v) is 12.9. The molecule has 0 bridgehead atoms. The normalized spacial score (nSPS) is 18.8. The van der Waals surface area contributed by atoms with E-state index in [0.29, 0.717) is 13.0 Å². The second kappa shape index (κ2) is 16.0. The van der Waals surface area contributed by atoms with E-state index < -0.39 is 85.0 Å². The Hall–Kier alpha value is -3.30. The Morgan fingerprint density at radius 3 is 1.74 bits per heavy atom. The van der Waals surface area contributed by atoms with E-state index in [0.717, 1.165) is 6.42 Å². The van der Waals surface area contributed by atoms with Crippen molar-refractivity contribution in [3.05, 3.63) is 0 Å². The fourth-order valence-corrected chi connectivity index (χ4v) is 3.86. The number of aliphatic hydroxyl groups excluding tert-OH is 2. The number of aliphatic hydroxyl groups is 2. The Morgan fingerprint density at radius 2 is 1.31 bits per heavy atom. The number of nitrogens with one attached hydrogen (secondary N) is 6. The van der Waals surface area contributed by atoms with Crippen LogP contribution in [0.3, 0.4) is 0 Å². The number of amides is 5. The summed E-state index contributed by atoms with van der Waals surface area (Å²) in [4.78, 5) is 74.2. The molecule has 1 saturated heterocycles. The van der Waals surface area contributed by atoms with Crippen LogP contribution in [0.2, 0.25) is 0 Å². The van der Waals surface area contributed by atoms with Gasteiger partial charge in [-0.05, 0) is 38.1 Å². The van der Waals surface area contributed by atoms with Crippen molar-refractivity contribution in [2.75, 3.05) is 19.7 Å². The van der Waals surface area contributed by atoms with Crippen molar-refractivity contribution in [1.82, 2.24) is 31.9 Å². The Balaban J connectivity index is 2.93. The number of rotatable bonds is 15. The maximum Gasteiger partial charge on any atom is 0.322 e. The van der Waals surface area contributed by atoms with Gasteiger partial charge in [-0.15, -0.1) is 0 Å². The summed E-state index contributed by atoms with van der Waals surface area (Å²) in [5.41, 5.74) is 0. The average Bonchev–Trinajstić information content (AvgIpc) is 3.40. The van der Waals surface area contributed by atoms with Gasteiger partial charge in [-0.3, -0.25) is 28.8 Å².